The molecule has 1 aliphatic heterocycles. The first kappa shape index (κ1) is 19.0. The van der Waals surface area contributed by atoms with Gasteiger partial charge in [-0.25, -0.2) is 4.99 Å². The van der Waals surface area contributed by atoms with Crippen molar-refractivity contribution in [2.24, 2.45) is 21.5 Å². The smallest absolute Gasteiger partial charge is 0.226 e. The van der Waals surface area contributed by atoms with Crippen LogP contribution in [0.25, 0.3) is 0 Å². The van der Waals surface area contributed by atoms with Crippen molar-refractivity contribution >= 4 is 52.1 Å². The standard InChI is InChI=1S/C13H17Cl2N5O.BrH/c1-7-4-10(15)8(5-9(7)14)6-21-20-12(17)18-11(16)19-13(20,2)3;/h4-5H,6H2,1-3H3,(H4,16,17,18,19);1H. The number of guanidine groups is 2. The van der Waals surface area contributed by atoms with E-state index in [1.807, 2.05) is 20.8 Å². The highest BCUT2D eigenvalue weighted by molar-refractivity contribution is 8.93. The lowest BCUT2D eigenvalue weighted by atomic mass is 10.1. The summed E-state index contributed by atoms with van der Waals surface area (Å²) in [5, 5.41) is 2.60. The average Bonchev–Trinajstić information content (AvgIpc) is 2.32. The highest BCUT2D eigenvalue weighted by Gasteiger charge is 2.33. The zero-order chi connectivity index (χ0) is 15.8. The number of rotatable bonds is 3. The number of halogens is 3. The van der Waals surface area contributed by atoms with Gasteiger partial charge < -0.3 is 11.5 Å². The van der Waals surface area contributed by atoms with Gasteiger partial charge >= 0.3 is 0 Å². The van der Waals surface area contributed by atoms with Gasteiger partial charge in [-0.15, -0.1) is 17.0 Å². The molecule has 0 saturated carbocycles. The first-order valence-corrected chi connectivity index (χ1v) is 7.03. The predicted octanol–water partition coefficient (Wildman–Crippen LogP) is 2.99. The van der Waals surface area contributed by atoms with E-state index in [9.17, 15) is 0 Å². The largest absolute Gasteiger partial charge is 0.368 e. The fourth-order valence-electron chi connectivity index (χ4n) is 1.95. The Bertz CT molecular complexity index is 633. The number of hydrogen-bond acceptors (Lipinski definition) is 6. The number of aryl methyl sites for hydroxylation is 1. The summed E-state index contributed by atoms with van der Waals surface area (Å²) in [5.74, 6) is 0.260. The van der Waals surface area contributed by atoms with Crippen LogP contribution in [-0.2, 0) is 11.4 Å². The van der Waals surface area contributed by atoms with Gasteiger partial charge in [-0.2, -0.15) is 10.1 Å². The van der Waals surface area contributed by atoms with Crippen LogP contribution >= 0.6 is 40.2 Å². The average molecular weight is 411 g/mol. The lowest BCUT2D eigenvalue weighted by Crippen LogP contribution is -2.53. The maximum absolute atomic E-state index is 6.18. The van der Waals surface area contributed by atoms with Crippen molar-refractivity contribution in [1.29, 1.82) is 0 Å². The molecule has 0 spiro atoms. The Labute approximate surface area is 149 Å². The normalized spacial score (nSPS) is 16.7. The zero-order valence-electron chi connectivity index (χ0n) is 12.4. The molecule has 0 unspecified atom stereocenters. The number of nitrogens with two attached hydrogens (primary N) is 2. The van der Waals surface area contributed by atoms with E-state index in [0.717, 1.165) is 11.1 Å². The van der Waals surface area contributed by atoms with Crippen molar-refractivity contribution in [1.82, 2.24) is 5.06 Å². The summed E-state index contributed by atoms with van der Waals surface area (Å²) >= 11 is 12.3. The second-order valence-electron chi connectivity index (χ2n) is 5.20. The minimum Gasteiger partial charge on any atom is -0.368 e. The maximum atomic E-state index is 6.18. The van der Waals surface area contributed by atoms with Crippen LogP contribution in [0.3, 0.4) is 0 Å². The molecule has 0 radical (unpaired) electrons. The van der Waals surface area contributed by atoms with Crippen molar-refractivity contribution in [2.45, 2.75) is 33.0 Å². The Kier molecular flexibility index (Phi) is 6.09. The quantitative estimate of drug-likeness (QED) is 0.801. The molecule has 0 bridgehead atoms. The number of hydroxylamine groups is 2. The number of nitrogens with zero attached hydrogens (tertiary/aromatic N) is 3. The number of aliphatic imine (C=N–C) groups is 2. The third-order valence-electron chi connectivity index (χ3n) is 3.00. The van der Waals surface area contributed by atoms with Crippen molar-refractivity contribution in [3.05, 3.63) is 33.3 Å². The molecule has 1 aromatic rings. The first-order chi connectivity index (χ1) is 9.70. The molecule has 0 saturated heterocycles. The molecule has 0 aliphatic carbocycles. The zero-order valence-corrected chi connectivity index (χ0v) is 15.7. The van der Waals surface area contributed by atoms with Gasteiger partial charge in [0.15, 0.2) is 5.66 Å². The second-order valence-corrected chi connectivity index (χ2v) is 6.01. The van der Waals surface area contributed by atoms with Crippen LogP contribution < -0.4 is 11.5 Å². The van der Waals surface area contributed by atoms with E-state index in [4.69, 9.17) is 39.5 Å². The van der Waals surface area contributed by atoms with Crippen LogP contribution in [0, 0.1) is 6.92 Å². The van der Waals surface area contributed by atoms with Crippen LogP contribution in [0.5, 0.6) is 0 Å². The molecule has 9 heteroatoms. The third kappa shape index (κ3) is 4.04. The van der Waals surface area contributed by atoms with Gasteiger partial charge in [-0.3, -0.25) is 4.84 Å². The van der Waals surface area contributed by atoms with Crippen molar-refractivity contribution < 1.29 is 4.84 Å². The summed E-state index contributed by atoms with van der Waals surface area (Å²) in [5.41, 5.74) is 12.3. The summed E-state index contributed by atoms with van der Waals surface area (Å²) in [6.45, 7) is 5.69. The molecule has 0 atom stereocenters. The monoisotopic (exact) mass is 409 g/mol. The van der Waals surface area contributed by atoms with E-state index in [2.05, 4.69) is 9.98 Å². The second kappa shape index (κ2) is 7.04. The van der Waals surface area contributed by atoms with Crippen LogP contribution in [0.1, 0.15) is 25.0 Å². The number of benzene rings is 1. The van der Waals surface area contributed by atoms with Crippen LogP contribution in [0.2, 0.25) is 10.0 Å². The first-order valence-electron chi connectivity index (χ1n) is 6.28. The van der Waals surface area contributed by atoms with Gasteiger partial charge in [-0.1, -0.05) is 23.2 Å². The van der Waals surface area contributed by atoms with Gasteiger partial charge in [0.25, 0.3) is 0 Å². The summed E-state index contributed by atoms with van der Waals surface area (Å²) in [6, 6.07) is 3.55. The van der Waals surface area contributed by atoms with E-state index >= 15 is 0 Å². The van der Waals surface area contributed by atoms with Gasteiger partial charge in [-0.05, 0) is 38.5 Å². The van der Waals surface area contributed by atoms with Gasteiger partial charge in [0.1, 0.15) is 6.61 Å². The van der Waals surface area contributed by atoms with E-state index in [1.54, 1.807) is 12.1 Å². The Morgan fingerprint density at radius 3 is 2.45 bits per heavy atom. The SMILES string of the molecule is Br.Cc1cc(Cl)c(CON2C(N)=NC(N)=NC2(C)C)cc1Cl. The van der Waals surface area contributed by atoms with Gasteiger partial charge in [0.05, 0.1) is 0 Å². The highest BCUT2D eigenvalue weighted by Crippen LogP contribution is 2.27. The Balaban J connectivity index is 0.00000242. The molecule has 2 rings (SSSR count). The van der Waals surface area contributed by atoms with E-state index in [1.165, 1.54) is 5.06 Å². The lowest BCUT2D eigenvalue weighted by molar-refractivity contribution is -0.166. The fraction of sp³-hybridized carbons (Fsp3) is 0.385. The fourth-order valence-corrected chi connectivity index (χ4v) is 2.41. The maximum Gasteiger partial charge on any atom is 0.226 e. The molecule has 1 aliphatic rings. The topological polar surface area (TPSA) is 89.2 Å². The predicted molar refractivity (Wildman–Crippen MR) is 95.5 cm³/mol. The number of hydrogen-bond donors (Lipinski definition) is 2. The molecule has 0 aromatic heterocycles. The molecule has 122 valence electrons. The van der Waals surface area contributed by atoms with E-state index in [-0.39, 0.29) is 35.5 Å². The minimum atomic E-state index is -0.753. The lowest BCUT2D eigenvalue weighted by Gasteiger charge is -2.36. The molecule has 0 amide bonds. The molecular weight excluding hydrogens is 393 g/mol. The summed E-state index contributed by atoms with van der Waals surface area (Å²) in [4.78, 5) is 13.8. The summed E-state index contributed by atoms with van der Waals surface area (Å²) in [6.07, 6.45) is 0. The molecule has 22 heavy (non-hydrogen) atoms. The van der Waals surface area contributed by atoms with Crippen molar-refractivity contribution in [3.63, 3.8) is 0 Å². The minimum absolute atomic E-state index is 0. The van der Waals surface area contributed by atoms with E-state index < -0.39 is 5.66 Å². The van der Waals surface area contributed by atoms with E-state index in [0.29, 0.717) is 10.0 Å². The summed E-state index contributed by atoms with van der Waals surface area (Å²) < 4.78 is 0. The molecule has 1 heterocycles. The molecule has 0 fully saturated rings. The Morgan fingerprint density at radius 2 is 1.86 bits per heavy atom. The molecular formula is C13H18BrCl2N5O. The molecule has 6 nitrogen and oxygen atoms in total. The third-order valence-corrected chi connectivity index (χ3v) is 3.76. The Hall–Kier alpha value is -1.02. The Morgan fingerprint density at radius 1 is 1.23 bits per heavy atom. The van der Waals surface area contributed by atoms with Crippen LogP contribution in [-0.4, -0.2) is 22.6 Å². The van der Waals surface area contributed by atoms with Crippen molar-refractivity contribution in [3.8, 4) is 0 Å². The molecule has 1 aromatic carbocycles. The summed E-state index contributed by atoms with van der Waals surface area (Å²) in [7, 11) is 0. The molecule has 4 N–H and O–H groups in total. The van der Waals surface area contributed by atoms with Crippen molar-refractivity contribution in [2.75, 3.05) is 0 Å². The van der Waals surface area contributed by atoms with Crippen LogP contribution in [0.15, 0.2) is 22.1 Å². The van der Waals surface area contributed by atoms with Crippen LogP contribution in [0.4, 0.5) is 0 Å². The van der Waals surface area contributed by atoms with Gasteiger partial charge in [0, 0.05) is 15.6 Å². The highest BCUT2D eigenvalue weighted by atomic mass is 79.9. The van der Waals surface area contributed by atoms with Gasteiger partial charge in [0.2, 0.25) is 11.9 Å².